The van der Waals surface area contributed by atoms with E-state index in [2.05, 4.69) is 16.8 Å². The first-order valence-electron chi connectivity index (χ1n) is 14.9. The summed E-state index contributed by atoms with van der Waals surface area (Å²) in [5, 5.41) is 5.01. The fourth-order valence-electron chi connectivity index (χ4n) is 4.65. The largest absolute Gasteiger partial charge is 0.493 e. The van der Waals surface area contributed by atoms with E-state index in [9.17, 15) is 4.79 Å². The first-order valence-corrected chi connectivity index (χ1v) is 15.9. The van der Waals surface area contributed by atoms with Crippen LogP contribution in [-0.2, 0) is 11.3 Å². The van der Waals surface area contributed by atoms with Gasteiger partial charge in [0.1, 0.15) is 5.75 Å². The normalized spacial score (nSPS) is 10.8. The van der Waals surface area contributed by atoms with Crippen molar-refractivity contribution in [2.24, 2.45) is 0 Å². The number of methoxy groups -OCH3 is 1. The van der Waals surface area contributed by atoms with E-state index in [-0.39, 0.29) is 12.5 Å². The zero-order valence-electron chi connectivity index (χ0n) is 24.4. The number of hydrogen-bond acceptors (Lipinski definition) is 5. The van der Waals surface area contributed by atoms with E-state index in [1.54, 1.807) is 30.6 Å². The van der Waals surface area contributed by atoms with Gasteiger partial charge in [-0.3, -0.25) is 4.79 Å². The second-order valence-electron chi connectivity index (χ2n) is 10.2. The Hall–Kier alpha value is -3.06. The van der Waals surface area contributed by atoms with Crippen LogP contribution in [0.25, 0.3) is 0 Å². The molecule has 6 nitrogen and oxygen atoms in total. The van der Waals surface area contributed by atoms with Crippen LogP contribution in [0.15, 0.2) is 59.6 Å². The van der Waals surface area contributed by atoms with Crippen molar-refractivity contribution in [1.29, 1.82) is 0 Å². The molecule has 3 rings (SSSR count). The average molecular weight is 568 g/mol. The van der Waals surface area contributed by atoms with Crippen molar-refractivity contribution in [1.82, 2.24) is 0 Å². The van der Waals surface area contributed by atoms with Gasteiger partial charge in [-0.25, -0.2) is 0 Å². The van der Waals surface area contributed by atoms with Gasteiger partial charge < -0.3 is 19.5 Å². The number of thiazole rings is 1. The second-order valence-corrected chi connectivity index (χ2v) is 11.0. The van der Waals surface area contributed by atoms with E-state index in [0.717, 1.165) is 17.7 Å². The summed E-state index contributed by atoms with van der Waals surface area (Å²) in [4.78, 5) is 12.7. The van der Waals surface area contributed by atoms with E-state index in [1.807, 2.05) is 47.4 Å². The number of benzene rings is 2. The van der Waals surface area contributed by atoms with Gasteiger partial charge in [-0.05, 0) is 24.6 Å². The van der Waals surface area contributed by atoms with Gasteiger partial charge in [0.05, 0.1) is 24.8 Å². The van der Waals surface area contributed by atoms with Crippen molar-refractivity contribution in [2.45, 2.75) is 90.5 Å². The molecule has 0 spiro atoms. The molecule has 1 amide bonds. The maximum atomic E-state index is 12.7. The molecule has 0 saturated heterocycles. The smallest absolute Gasteiger partial charge is 0.262 e. The minimum atomic E-state index is -0.211. The van der Waals surface area contributed by atoms with E-state index in [4.69, 9.17) is 14.2 Å². The summed E-state index contributed by atoms with van der Waals surface area (Å²) in [6.45, 7) is 3.51. The molecule has 0 radical (unpaired) electrons. The Kier molecular flexibility index (Phi) is 15.0. The lowest BCUT2D eigenvalue weighted by molar-refractivity contribution is -0.683. The Morgan fingerprint density at radius 1 is 0.850 bits per heavy atom. The predicted molar refractivity (Wildman–Crippen MR) is 164 cm³/mol. The molecule has 0 unspecified atom stereocenters. The van der Waals surface area contributed by atoms with Gasteiger partial charge >= 0.3 is 0 Å². The van der Waals surface area contributed by atoms with Crippen LogP contribution in [0.1, 0.15) is 89.5 Å². The summed E-state index contributed by atoms with van der Waals surface area (Å²) >= 11 is 1.64. The Balaban J connectivity index is 1.35. The number of anilines is 1. The molecule has 0 aliphatic rings. The molecule has 218 valence electrons. The van der Waals surface area contributed by atoms with Gasteiger partial charge in [-0.15, -0.1) is 0 Å². The van der Waals surface area contributed by atoms with E-state index in [1.165, 1.54) is 70.6 Å². The molecule has 2 aromatic carbocycles. The molecule has 0 aliphatic carbocycles. The zero-order chi connectivity index (χ0) is 28.3. The third kappa shape index (κ3) is 12.0. The van der Waals surface area contributed by atoms with Crippen molar-refractivity contribution in [3.05, 3.63) is 65.1 Å². The van der Waals surface area contributed by atoms with Gasteiger partial charge in [-0.1, -0.05) is 107 Å². The highest BCUT2D eigenvalue weighted by Gasteiger charge is 2.12. The quantitative estimate of drug-likeness (QED) is 0.104. The Bertz CT molecular complexity index is 1100. The van der Waals surface area contributed by atoms with Crippen molar-refractivity contribution < 1.29 is 23.6 Å². The standard InChI is InChI=1S/C33H46N2O4S/c1-3-4-5-6-7-8-9-10-11-12-13-16-22-38-32-24-29(19-20-31(32)37-2)39-26-33(36)34-30-18-15-14-17-28(30)25-35-21-23-40-27-35/h14-15,17-21,23-24,27H,3-13,16,22,25-26H2,1-2H3/p+1. The number of rotatable bonds is 21. The van der Waals surface area contributed by atoms with Gasteiger partial charge in [0.2, 0.25) is 5.51 Å². The number of amides is 1. The lowest BCUT2D eigenvalue weighted by Gasteiger charge is -2.13. The van der Waals surface area contributed by atoms with Crippen molar-refractivity contribution in [3.63, 3.8) is 0 Å². The van der Waals surface area contributed by atoms with Gasteiger partial charge in [0.25, 0.3) is 5.91 Å². The third-order valence-corrected chi connectivity index (χ3v) is 7.60. The molecule has 1 heterocycles. The van der Waals surface area contributed by atoms with E-state index >= 15 is 0 Å². The lowest BCUT2D eigenvalue weighted by atomic mass is 10.1. The van der Waals surface area contributed by atoms with Crippen molar-refractivity contribution in [3.8, 4) is 17.2 Å². The van der Waals surface area contributed by atoms with Gasteiger partial charge in [0, 0.05) is 11.6 Å². The number of hydrogen-bond donors (Lipinski definition) is 1. The summed E-state index contributed by atoms with van der Waals surface area (Å²) < 4.78 is 19.4. The highest BCUT2D eigenvalue weighted by molar-refractivity contribution is 7.07. The number of unbranched alkanes of at least 4 members (excludes halogenated alkanes) is 11. The first kappa shape index (κ1) is 31.5. The van der Waals surface area contributed by atoms with Crippen LogP contribution in [0, 0.1) is 0 Å². The van der Waals surface area contributed by atoms with Crippen LogP contribution in [0.4, 0.5) is 5.69 Å². The van der Waals surface area contributed by atoms with E-state index < -0.39 is 0 Å². The van der Waals surface area contributed by atoms with Gasteiger partial charge in [-0.2, -0.15) is 4.57 Å². The molecule has 1 N–H and O–H groups in total. The molecule has 0 saturated carbocycles. The molecule has 0 fully saturated rings. The van der Waals surface area contributed by atoms with Crippen LogP contribution >= 0.6 is 11.3 Å². The molecule has 3 aromatic rings. The number of carbonyl (C=O) groups is 1. The second kappa shape index (κ2) is 19.1. The molecule has 40 heavy (non-hydrogen) atoms. The summed E-state index contributed by atoms with van der Waals surface area (Å²) in [5.41, 5.74) is 3.87. The topological polar surface area (TPSA) is 60.7 Å². The minimum absolute atomic E-state index is 0.0928. The molecule has 7 heteroatoms. The predicted octanol–water partition coefficient (Wildman–Crippen LogP) is 8.19. The Labute approximate surface area is 244 Å². The number of ether oxygens (including phenoxy) is 3. The molecular weight excluding hydrogens is 520 g/mol. The maximum absolute atomic E-state index is 12.7. The molecule has 1 aromatic heterocycles. The molecule has 0 bridgehead atoms. The molecular formula is C33H47N2O4S+. The number of nitrogens with one attached hydrogen (secondary N) is 1. The third-order valence-electron chi connectivity index (χ3n) is 6.93. The first-order chi connectivity index (χ1) is 19.7. The van der Waals surface area contributed by atoms with Crippen LogP contribution in [-0.4, -0.2) is 26.2 Å². The Morgan fingerprint density at radius 2 is 1.55 bits per heavy atom. The van der Waals surface area contributed by atoms with Crippen molar-refractivity contribution in [2.75, 3.05) is 25.6 Å². The summed E-state index contributed by atoms with van der Waals surface area (Å²) in [6, 6.07) is 13.2. The highest BCUT2D eigenvalue weighted by atomic mass is 32.1. The van der Waals surface area contributed by atoms with Crippen LogP contribution in [0.5, 0.6) is 17.2 Å². The van der Waals surface area contributed by atoms with E-state index in [0.29, 0.717) is 30.4 Å². The van der Waals surface area contributed by atoms with Crippen LogP contribution in [0.2, 0.25) is 0 Å². The van der Waals surface area contributed by atoms with Crippen LogP contribution < -0.4 is 24.1 Å². The summed E-state index contributed by atoms with van der Waals surface area (Å²) in [5.74, 6) is 1.66. The minimum Gasteiger partial charge on any atom is -0.493 e. The molecule has 0 aliphatic heterocycles. The average Bonchev–Trinajstić information content (AvgIpc) is 3.49. The number of para-hydroxylation sites is 1. The van der Waals surface area contributed by atoms with Crippen molar-refractivity contribution >= 4 is 22.9 Å². The number of aromatic nitrogens is 1. The number of nitrogens with zero attached hydrogens (tertiary/aromatic N) is 1. The SMILES string of the molecule is CCCCCCCCCCCCCCOc1cc(OCC(=O)Nc2ccccc2C[n+]2ccsc2)ccc1OC. The fraction of sp³-hybridized carbons (Fsp3) is 0.515. The highest BCUT2D eigenvalue weighted by Crippen LogP contribution is 2.31. The van der Waals surface area contributed by atoms with Crippen LogP contribution in [0.3, 0.4) is 0 Å². The number of carbonyl (C=O) groups excluding carboxylic acids is 1. The summed E-state index contributed by atoms with van der Waals surface area (Å²) in [7, 11) is 1.63. The maximum Gasteiger partial charge on any atom is 0.262 e. The zero-order valence-corrected chi connectivity index (χ0v) is 25.2. The lowest BCUT2D eigenvalue weighted by Crippen LogP contribution is -2.31. The molecule has 0 atom stereocenters. The Morgan fingerprint density at radius 3 is 2.23 bits per heavy atom. The van der Waals surface area contributed by atoms with Gasteiger partial charge in [0.15, 0.2) is 30.8 Å². The monoisotopic (exact) mass is 567 g/mol. The fourth-order valence-corrected chi connectivity index (χ4v) is 5.25. The summed E-state index contributed by atoms with van der Waals surface area (Å²) in [6.07, 6.45) is 17.8.